The molecule has 0 bridgehead atoms. The molecule has 0 saturated carbocycles. The van der Waals surface area contributed by atoms with E-state index in [2.05, 4.69) is 15.9 Å². The molecule has 122 valence electrons. The quantitative estimate of drug-likeness (QED) is 0.401. The lowest BCUT2D eigenvalue weighted by atomic mass is 10.2. The first-order chi connectivity index (χ1) is 11.5. The third-order valence-electron chi connectivity index (χ3n) is 3.37. The van der Waals surface area contributed by atoms with E-state index in [1.165, 1.54) is 11.8 Å². The van der Waals surface area contributed by atoms with Crippen molar-refractivity contribution in [1.82, 2.24) is 0 Å². The fourth-order valence-corrected chi connectivity index (χ4v) is 4.35. The minimum atomic E-state index is -0.132. The molecule has 0 aliphatic carbocycles. The molecular formula is C17H12BrNO2S3. The van der Waals surface area contributed by atoms with Crippen LogP contribution in [0.25, 0.3) is 6.08 Å². The highest BCUT2D eigenvalue weighted by molar-refractivity contribution is 9.10. The standard InChI is InChI=1S/C17H12BrNO2S3/c1-23-12-4-2-3-11(9-12)19-16(21)15(24-17(19)22)8-10-5-6-14(20)13(18)7-10/h2-9,20H,1H3/b15-8+. The van der Waals surface area contributed by atoms with Crippen LogP contribution < -0.4 is 4.90 Å². The number of aromatic hydroxyl groups is 1. The SMILES string of the molecule is CSc1cccc(N2C(=O)/C(=C\c3ccc(O)c(Br)c3)SC2=S)c1. The van der Waals surface area contributed by atoms with Crippen LogP contribution in [0.4, 0.5) is 5.69 Å². The van der Waals surface area contributed by atoms with Crippen molar-refractivity contribution < 1.29 is 9.90 Å². The number of anilines is 1. The summed E-state index contributed by atoms with van der Waals surface area (Å²) in [6, 6.07) is 12.8. The molecule has 1 amide bonds. The Bertz CT molecular complexity index is 867. The van der Waals surface area contributed by atoms with Crippen molar-refractivity contribution in [2.75, 3.05) is 11.2 Å². The highest BCUT2D eigenvalue weighted by Crippen LogP contribution is 2.37. The summed E-state index contributed by atoms with van der Waals surface area (Å²) >= 11 is 11.6. The summed E-state index contributed by atoms with van der Waals surface area (Å²) in [4.78, 5) is 15.9. The lowest BCUT2D eigenvalue weighted by molar-refractivity contribution is -0.113. The van der Waals surface area contributed by atoms with Crippen molar-refractivity contribution >= 4 is 73.7 Å². The Labute approximate surface area is 162 Å². The summed E-state index contributed by atoms with van der Waals surface area (Å²) in [5.74, 6) is 0.0287. The molecule has 1 aliphatic rings. The van der Waals surface area contributed by atoms with Crippen LogP contribution in [-0.4, -0.2) is 21.6 Å². The van der Waals surface area contributed by atoms with Gasteiger partial charge in [-0.15, -0.1) is 11.8 Å². The molecule has 2 aromatic carbocycles. The number of benzene rings is 2. The van der Waals surface area contributed by atoms with E-state index in [9.17, 15) is 9.90 Å². The first-order valence-corrected chi connectivity index (χ1v) is 10.1. The van der Waals surface area contributed by atoms with Gasteiger partial charge in [-0.3, -0.25) is 9.69 Å². The number of rotatable bonds is 3. The van der Waals surface area contributed by atoms with Crippen molar-refractivity contribution in [1.29, 1.82) is 0 Å². The first-order valence-electron chi connectivity index (χ1n) is 6.90. The smallest absolute Gasteiger partial charge is 0.270 e. The average Bonchev–Trinajstić information content (AvgIpc) is 2.85. The van der Waals surface area contributed by atoms with E-state index in [1.807, 2.05) is 30.5 Å². The Kier molecular flexibility index (Phi) is 5.34. The van der Waals surface area contributed by atoms with Crippen LogP contribution in [0.2, 0.25) is 0 Å². The number of thioether (sulfide) groups is 2. The maximum atomic E-state index is 12.8. The molecule has 24 heavy (non-hydrogen) atoms. The van der Waals surface area contributed by atoms with E-state index in [1.54, 1.807) is 40.9 Å². The molecule has 1 aliphatic heterocycles. The minimum absolute atomic E-state index is 0.132. The van der Waals surface area contributed by atoms with Crippen molar-refractivity contribution in [3.8, 4) is 5.75 Å². The molecule has 0 aromatic heterocycles. The topological polar surface area (TPSA) is 40.5 Å². The van der Waals surface area contributed by atoms with E-state index in [0.717, 1.165) is 16.1 Å². The Morgan fingerprint density at radius 2 is 2.08 bits per heavy atom. The maximum absolute atomic E-state index is 12.8. The van der Waals surface area contributed by atoms with Gasteiger partial charge < -0.3 is 5.11 Å². The zero-order valence-corrected chi connectivity index (χ0v) is 16.6. The first kappa shape index (κ1) is 17.5. The van der Waals surface area contributed by atoms with Crippen LogP contribution >= 0.6 is 51.7 Å². The van der Waals surface area contributed by atoms with Crippen molar-refractivity contribution in [3.05, 3.63) is 57.4 Å². The fourth-order valence-electron chi connectivity index (χ4n) is 2.20. The Morgan fingerprint density at radius 1 is 1.29 bits per heavy atom. The molecule has 7 heteroatoms. The summed E-state index contributed by atoms with van der Waals surface area (Å²) in [7, 11) is 0. The summed E-state index contributed by atoms with van der Waals surface area (Å²) in [5, 5.41) is 9.57. The molecule has 2 aromatic rings. The Morgan fingerprint density at radius 3 is 2.79 bits per heavy atom. The number of carbonyl (C=O) groups is 1. The molecule has 0 atom stereocenters. The minimum Gasteiger partial charge on any atom is -0.507 e. The van der Waals surface area contributed by atoms with Gasteiger partial charge in [-0.05, 0) is 64.2 Å². The van der Waals surface area contributed by atoms with Crippen molar-refractivity contribution in [3.63, 3.8) is 0 Å². The molecule has 0 radical (unpaired) electrons. The molecule has 3 rings (SSSR count). The van der Waals surface area contributed by atoms with Crippen LogP contribution in [0.1, 0.15) is 5.56 Å². The van der Waals surface area contributed by atoms with E-state index in [4.69, 9.17) is 12.2 Å². The number of hydrogen-bond donors (Lipinski definition) is 1. The van der Waals surface area contributed by atoms with Crippen molar-refractivity contribution in [2.24, 2.45) is 0 Å². The molecule has 0 spiro atoms. The Balaban J connectivity index is 1.93. The summed E-state index contributed by atoms with van der Waals surface area (Å²) in [6.45, 7) is 0. The average molecular weight is 438 g/mol. The van der Waals surface area contributed by atoms with Crippen LogP contribution in [0.3, 0.4) is 0 Å². The zero-order chi connectivity index (χ0) is 17.3. The van der Waals surface area contributed by atoms with E-state index in [-0.39, 0.29) is 11.7 Å². The maximum Gasteiger partial charge on any atom is 0.270 e. The highest BCUT2D eigenvalue weighted by Gasteiger charge is 2.33. The Hall–Kier alpha value is -1.28. The van der Waals surface area contributed by atoms with Gasteiger partial charge in [0.15, 0.2) is 4.32 Å². The number of phenolic OH excluding ortho intramolecular Hbond substituents is 1. The second-order valence-corrected chi connectivity index (χ2v) is 8.34. The lowest BCUT2D eigenvalue weighted by Gasteiger charge is -2.15. The third kappa shape index (κ3) is 3.54. The van der Waals surface area contributed by atoms with Crippen LogP contribution in [-0.2, 0) is 4.79 Å². The lowest BCUT2D eigenvalue weighted by Crippen LogP contribution is -2.27. The third-order valence-corrected chi connectivity index (χ3v) is 6.04. The zero-order valence-electron chi connectivity index (χ0n) is 12.5. The van der Waals surface area contributed by atoms with Crippen LogP contribution in [0, 0.1) is 0 Å². The van der Waals surface area contributed by atoms with Gasteiger partial charge in [0.05, 0.1) is 15.1 Å². The van der Waals surface area contributed by atoms with Gasteiger partial charge in [0.2, 0.25) is 0 Å². The van der Waals surface area contributed by atoms with Gasteiger partial charge in [-0.2, -0.15) is 0 Å². The monoisotopic (exact) mass is 437 g/mol. The number of carbonyl (C=O) groups excluding carboxylic acids is 1. The molecule has 1 heterocycles. The van der Waals surface area contributed by atoms with Crippen LogP contribution in [0.15, 0.2) is 56.7 Å². The molecular weight excluding hydrogens is 426 g/mol. The number of amides is 1. The van der Waals surface area contributed by atoms with Gasteiger partial charge in [0, 0.05) is 4.90 Å². The largest absolute Gasteiger partial charge is 0.507 e. The molecule has 1 N–H and O–H groups in total. The fraction of sp³-hybridized carbons (Fsp3) is 0.0588. The molecule has 1 saturated heterocycles. The predicted molar refractivity (Wildman–Crippen MR) is 110 cm³/mol. The van der Waals surface area contributed by atoms with Crippen molar-refractivity contribution in [2.45, 2.75) is 4.90 Å². The van der Waals surface area contributed by atoms with Gasteiger partial charge in [0.1, 0.15) is 5.75 Å². The molecule has 3 nitrogen and oxygen atoms in total. The number of halogens is 1. The summed E-state index contributed by atoms with van der Waals surface area (Å²) < 4.78 is 1.10. The van der Waals surface area contributed by atoms with Gasteiger partial charge >= 0.3 is 0 Å². The summed E-state index contributed by atoms with van der Waals surface area (Å²) in [6.07, 6.45) is 3.77. The number of nitrogens with zero attached hydrogens (tertiary/aromatic N) is 1. The van der Waals surface area contributed by atoms with E-state index >= 15 is 0 Å². The van der Waals surface area contributed by atoms with Crippen LogP contribution in [0.5, 0.6) is 5.75 Å². The summed E-state index contributed by atoms with van der Waals surface area (Å²) in [5.41, 5.74) is 1.60. The normalized spacial score (nSPS) is 16.2. The second kappa shape index (κ2) is 7.31. The second-order valence-electron chi connectivity index (χ2n) is 4.93. The van der Waals surface area contributed by atoms with Gasteiger partial charge in [0.25, 0.3) is 5.91 Å². The molecule has 0 unspecified atom stereocenters. The van der Waals surface area contributed by atoms with E-state index in [0.29, 0.717) is 13.7 Å². The predicted octanol–water partition coefficient (Wildman–Crippen LogP) is 5.28. The number of hydrogen-bond acceptors (Lipinski definition) is 5. The number of thiocarbonyl (C=S) groups is 1. The molecule has 1 fully saturated rings. The van der Waals surface area contributed by atoms with Gasteiger partial charge in [-0.25, -0.2) is 0 Å². The highest BCUT2D eigenvalue weighted by atomic mass is 79.9. The van der Waals surface area contributed by atoms with E-state index < -0.39 is 0 Å². The van der Waals surface area contributed by atoms with Gasteiger partial charge in [-0.1, -0.05) is 36.1 Å². The number of phenols is 1.